The predicted molar refractivity (Wildman–Crippen MR) is 87.9 cm³/mol. The number of fused-ring (bicyclic) bond motifs is 1. The van der Waals surface area contributed by atoms with E-state index >= 15 is 0 Å². The maximum Gasteiger partial charge on any atom is 0.306 e. The molecule has 0 saturated carbocycles. The Labute approximate surface area is 145 Å². The molecule has 0 atom stereocenters. The van der Waals surface area contributed by atoms with Crippen molar-refractivity contribution in [2.24, 2.45) is 5.92 Å². The van der Waals surface area contributed by atoms with Crippen molar-refractivity contribution >= 4 is 11.9 Å². The summed E-state index contributed by atoms with van der Waals surface area (Å²) in [6.07, 6.45) is 1.19. The van der Waals surface area contributed by atoms with Crippen LogP contribution in [0.5, 0.6) is 17.2 Å². The minimum absolute atomic E-state index is 0.0805. The van der Waals surface area contributed by atoms with Crippen molar-refractivity contribution in [1.82, 2.24) is 10.2 Å². The second-order valence-electron chi connectivity index (χ2n) is 6.10. The Hall–Kier alpha value is -2.48. The number of aliphatic carboxylic acids is 1. The van der Waals surface area contributed by atoms with Gasteiger partial charge in [0.05, 0.1) is 19.0 Å². The number of amides is 1. The van der Waals surface area contributed by atoms with Crippen molar-refractivity contribution in [3.8, 4) is 17.2 Å². The van der Waals surface area contributed by atoms with Crippen LogP contribution in [0.25, 0.3) is 0 Å². The summed E-state index contributed by atoms with van der Waals surface area (Å²) in [4.78, 5) is 24.8. The molecule has 1 saturated heterocycles. The average Bonchev–Trinajstić information content (AvgIpc) is 3.07. The maximum atomic E-state index is 11.9. The molecule has 136 valence electrons. The Bertz CT molecular complexity index is 628. The number of nitrogens with zero attached hydrogens (tertiary/aromatic N) is 1. The van der Waals surface area contributed by atoms with E-state index in [1.807, 2.05) is 4.90 Å². The summed E-state index contributed by atoms with van der Waals surface area (Å²) >= 11 is 0. The summed E-state index contributed by atoms with van der Waals surface area (Å²) < 4.78 is 16.1. The van der Waals surface area contributed by atoms with Gasteiger partial charge in [-0.15, -0.1) is 0 Å². The Morgan fingerprint density at radius 2 is 2.00 bits per heavy atom. The van der Waals surface area contributed by atoms with Crippen molar-refractivity contribution in [1.29, 1.82) is 0 Å². The number of nitrogens with one attached hydrogen (secondary N) is 1. The highest BCUT2D eigenvalue weighted by Gasteiger charge is 2.25. The van der Waals surface area contributed by atoms with Crippen LogP contribution in [0.3, 0.4) is 0 Å². The fourth-order valence-corrected chi connectivity index (χ4v) is 2.92. The van der Waals surface area contributed by atoms with Crippen LogP contribution < -0.4 is 19.5 Å². The number of carbonyl (C=O) groups is 2. The number of rotatable bonds is 7. The topological polar surface area (TPSA) is 97.3 Å². The van der Waals surface area contributed by atoms with Crippen LogP contribution in [0, 0.1) is 5.92 Å². The monoisotopic (exact) mass is 350 g/mol. The number of piperidine rings is 1. The molecule has 1 amide bonds. The Kier molecular flexibility index (Phi) is 5.60. The largest absolute Gasteiger partial charge is 0.492 e. The molecule has 0 aromatic heterocycles. The number of hydrogen-bond acceptors (Lipinski definition) is 6. The first kappa shape index (κ1) is 17.3. The highest BCUT2D eigenvalue weighted by atomic mass is 16.7. The molecule has 1 fully saturated rings. The number of carboxylic acids is 1. The fraction of sp³-hybridized carbons (Fsp3) is 0.529. The third kappa shape index (κ3) is 4.76. The van der Waals surface area contributed by atoms with Crippen molar-refractivity contribution in [2.45, 2.75) is 12.8 Å². The summed E-state index contributed by atoms with van der Waals surface area (Å²) in [6.45, 7) is 2.54. The molecule has 2 aliphatic heterocycles. The van der Waals surface area contributed by atoms with Crippen LogP contribution >= 0.6 is 0 Å². The number of carboxylic acid groups (broad SMARTS) is 1. The lowest BCUT2D eigenvalue weighted by molar-refractivity contribution is -0.143. The molecular formula is C17H22N2O6. The standard InChI is InChI=1S/C17H22N2O6/c20-16(10-19-6-3-12(4-7-19)17(21)22)18-5-8-23-13-1-2-14-15(9-13)25-11-24-14/h1-2,9,12H,3-8,10-11H2,(H,18,20)(H,21,22). The molecule has 3 rings (SSSR count). The van der Waals surface area contributed by atoms with Crippen LogP contribution in [0.1, 0.15) is 12.8 Å². The summed E-state index contributed by atoms with van der Waals surface area (Å²) in [5.41, 5.74) is 0. The lowest BCUT2D eigenvalue weighted by Crippen LogP contribution is -2.43. The molecule has 1 aromatic carbocycles. The predicted octanol–water partition coefficient (Wildman–Crippen LogP) is 0.707. The third-order valence-corrected chi connectivity index (χ3v) is 4.34. The van der Waals surface area contributed by atoms with Gasteiger partial charge in [0.1, 0.15) is 12.4 Å². The van der Waals surface area contributed by atoms with Crippen LogP contribution in [0.2, 0.25) is 0 Å². The van der Waals surface area contributed by atoms with E-state index in [2.05, 4.69) is 5.32 Å². The number of ether oxygens (including phenoxy) is 3. The van der Waals surface area contributed by atoms with Gasteiger partial charge < -0.3 is 24.6 Å². The summed E-state index contributed by atoms with van der Waals surface area (Å²) in [5, 5.41) is 11.8. The molecule has 0 radical (unpaired) electrons. The summed E-state index contributed by atoms with van der Waals surface area (Å²) in [6, 6.07) is 5.34. The number of likely N-dealkylation sites (tertiary alicyclic amines) is 1. The van der Waals surface area contributed by atoms with E-state index in [-0.39, 0.29) is 25.2 Å². The molecule has 8 heteroatoms. The van der Waals surface area contributed by atoms with E-state index in [1.54, 1.807) is 18.2 Å². The van der Waals surface area contributed by atoms with E-state index in [9.17, 15) is 9.59 Å². The normalized spacial score (nSPS) is 17.3. The van der Waals surface area contributed by atoms with Gasteiger partial charge in [-0.2, -0.15) is 0 Å². The van der Waals surface area contributed by atoms with Crippen molar-refractivity contribution in [2.75, 3.05) is 39.6 Å². The highest BCUT2D eigenvalue weighted by Crippen LogP contribution is 2.34. The van der Waals surface area contributed by atoms with Gasteiger partial charge in [0, 0.05) is 6.07 Å². The van der Waals surface area contributed by atoms with Gasteiger partial charge in [-0.1, -0.05) is 0 Å². The SMILES string of the molecule is O=C(CN1CCC(C(=O)O)CC1)NCCOc1ccc2c(c1)OCO2. The zero-order valence-electron chi connectivity index (χ0n) is 13.9. The zero-order valence-corrected chi connectivity index (χ0v) is 13.9. The number of hydrogen-bond donors (Lipinski definition) is 2. The molecule has 25 heavy (non-hydrogen) atoms. The van der Waals surface area contributed by atoms with Crippen molar-refractivity contribution in [3.05, 3.63) is 18.2 Å². The molecule has 0 unspecified atom stereocenters. The minimum Gasteiger partial charge on any atom is -0.492 e. The molecule has 0 bridgehead atoms. The Morgan fingerprint density at radius 3 is 2.76 bits per heavy atom. The Morgan fingerprint density at radius 1 is 1.24 bits per heavy atom. The van der Waals surface area contributed by atoms with E-state index in [0.29, 0.717) is 56.3 Å². The fourth-order valence-electron chi connectivity index (χ4n) is 2.92. The minimum atomic E-state index is -0.746. The van der Waals surface area contributed by atoms with Gasteiger partial charge in [-0.3, -0.25) is 14.5 Å². The molecule has 1 aromatic rings. The van der Waals surface area contributed by atoms with E-state index in [1.165, 1.54) is 0 Å². The van der Waals surface area contributed by atoms with E-state index in [0.717, 1.165) is 0 Å². The van der Waals surface area contributed by atoms with Crippen molar-refractivity contribution in [3.63, 3.8) is 0 Å². The van der Waals surface area contributed by atoms with Gasteiger partial charge in [-0.05, 0) is 38.1 Å². The third-order valence-electron chi connectivity index (χ3n) is 4.34. The second-order valence-corrected chi connectivity index (χ2v) is 6.10. The average molecular weight is 350 g/mol. The lowest BCUT2D eigenvalue weighted by atomic mass is 9.97. The maximum absolute atomic E-state index is 11.9. The summed E-state index contributed by atoms with van der Waals surface area (Å²) in [5.74, 6) is 0.912. The molecule has 2 heterocycles. The first-order chi connectivity index (χ1) is 12.1. The van der Waals surface area contributed by atoms with Crippen LogP contribution in [0.15, 0.2) is 18.2 Å². The first-order valence-corrected chi connectivity index (χ1v) is 8.36. The molecule has 8 nitrogen and oxygen atoms in total. The van der Waals surface area contributed by atoms with Gasteiger partial charge in [-0.25, -0.2) is 0 Å². The Balaban J connectivity index is 1.31. The molecular weight excluding hydrogens is 328 g/mol. The second kappa shape index (κ2) is 8.06. The zero-order chi connectivity index (χ0) is 17.6. The van der Waals surface area contributed by atoms with Crippen LogP contribution in [-0.4, -0.2) is 61.5 Å². The van der Waals surface area contributed by atoms with E-state index < -0.39 is 5.97 Å². The van der Waals surface area contributed by atoms with Gasteiger partial charge in [0.25, 0.3) is 0 Å². The summed E-state index contributed by atoms with van der Waals surface area (Å²) in [7, 11) is 0. The van der Waals surface area contributed by atoms with E-state index in [4.69, 9.17) is 19.3 Å². The molecule has 0 spiro atoms. The number of benzene rings is 1. The van der Waals surface area contributed by atoms with Gasteiger partial charge in [0.2, 0.25) is 12.7 Å². The molecule has 2 N–H and O–H groups in total. The van der Waals surface area contributed by atoms with Crippen LogP contribution in [-0.2, 0) is 9.59 Å². The lowest BCUT2D eigenvalue weighted by Gasteiger charge is -2.29. The first-order valence-electron chi connectivity index (χ1n) is 8.36. The van der Waals surface area contributed by atoms with Gasteiger partial charge in [0.15, 0.2) is 11.5 Å². The quantitative estimate of drug-likeness (QED) is 0.699. The molecule has 2 aliphatic rings. The van der Waals surface area contributed by atoms with Crippen molar-refractivity contribution < 1.29 is 28.9 Å². The smallest absolute Gasteiger partial charge is 0.306 e. The highest BCUT2D eigenvalue weighted by molar-refractivity contribution is 5.78. The number of carbonyl (C=O) groups excluding carboxylic acids is 1. The van der Waals surface area contributed by atoms with Crippen LogP contribution in [0.4, 0.5) is 0 Å². The van der Waals surface area contributed by atoms with Gasteiger partial charge >= 0.3 is 5.97 Å². The molecule has 0 aliphatic carbocycles.